The van der Waals surface area contributed by atoms with Crippen molar-refractivity contribution in [3.63, 3.8) is 0 Å². The summed E-state index contributed by atoms with van der Waals surface area (Å²) >= 11 is 0.227. The van der Waals surface area contributed by atoms with E-state index in [4.69, 9.17) is 0 Å². The van der Waals surface area contributed by atoms with Crippen LogP contribution in [0.15, 0.2) is 20.9 Å². The molecule has 0 aliphatic carbocycles. The minimum atomic E-state index is 0.227. The van der Waals surface area contributed by atoms with E-state index >= 15 is 0 Å². The molecule has 0 aromatic rings. The van der Waals surface area contributed by atoms with E-state index in [9.17, 15) is 0 Å². The van der Waals surface area contributed by atoms with Gasteiger partial charge in [-0.15, -0.1) is 0 Å². The molecule has 0 spiro atoms. The molecule has 0 atom stereocenters. The zero-order chi connectivity index (χ0) is 5.28. The molecule has 1 rings (SSSR count). The molecule has 38 valence electrons. The van der Waals surface area contributed by atoms with Gasteiger partial charge >= 0.3 is 50.5 Å². The predicted molar refractivity (Wildman–Crippen MR) is 34.7 cm³/mol. The van der Waals surface area contributed by atoms with Crippen LogP contribution in [-0.2, 0) is 0 Å². The van der Waals surface area contributed by atoms with E-state index < -0.39 is 0 Å². The fourth-order valence-corrected chi connectivity index (χ4v) is 2.70. The van der Waals surface area contributed by atoms with Crippen LogP contribution in [-0.4, -0.2) is 15.8 Å². The van der Waals surface area contributed by atoms with E-state index in [2.05, 4.69) is 23.6 Å². The maximum atomic E-state index is 2.37. The average molecular weight is 156 g/mol. The molecule has 0 N–H and O–H groups in total. The van der Waals surface area contributed by atoms with Gasteiger partial charge in [-0.1, -0.05) is 0 Å². The maximum absolute atomic E-state index is 2.37. The van der Waals surface area contributed by atoms with Gasteiger partial charge in [0, 0.05) is 0 Å². The van der Waals surface area contributed by atoms with Gasteiger partial charge in [-0.25, -0.2) is 0 Å². The van der Waals surface area contributed by atoms with Gasteiger partial charge < -0.3 is 0 Å². The SMILES string of the molecule is CC1=C[AsH]C=C1C. The predicted octanol–water partition coefficient (Wildman–Crippen LogP) is 1.24. The summed E-state index contributed by atoms with van der Waals surface area (Å²) in [5.41, 5.74) is 3.00. The van der Waals surface area contributed by atoms with Gasteiger partial charge in [-0.2, -0.15) is 0 Å². The van der Waals surface area contributed by atoms with Crippen LogP contribution in [0, 0.1) is 0 Å². The Morgan fingerprint density at radius 2 is 1.57 bits per heavy atom. The molecule has 1 aliphatic rings. The van der Waals surface area contributed by atoms with Crippen LogP contribution in [0.1, 0.15) is 13.8 Å². The summed E-state index contributed by atoms with van der Waals surface area (Å²) in [6, 6.07) is 0. The van der Waals surface area contributed by atoms with Gasteiger partial charge in [-0.3, -0.25) is 0 Å². The molecule has 0 saturated heterocycles. The molecule has 1 heterocycles. The van der Waals surface area contributed by atoms with E-state index in [-0.39, 0.29) is 15.8 Å². The average Bonchev–Trinajstić information content (AvgIpc) is 1.91. The second-order valence-electron chi connectivity index (χ2n) is 1.82. The quantitative estimate of drug-likeness (QED) is 0.463. The molecule has 0 nitrogen and oxygen atoms in total. The van der Waals surface area contributed by atoms with E-state index in [1.165, 1.54) is 11.1 Å². The van der Waals surface area contributed by atoms with Crippen molar-refractivity contribution in [2.75, 3.05) is 0 Å². The Labute approximate surface area is 51.0 Å². The molecular weight excluding hydrogens is 147 g/mol. The van der Waals surface area contributed by atoms with Gasteiger partial charge in [0.15, 0.2) is 0 Å². The van der Waals surface area contributed by atoms with Gasteiger partial charge in [0.1, 0.15) is 0 Å². The molecule has 0 unspecified atom stereocenters. The summed E-state index contributed by atoms with van der Waals surface area (Å²) in [6.07, 6.45) is 0. The molecule has 1 heteroatoms. The second-order valence-corrected chi connectivity index (χ2v) is 3.73. The molecule has 1 aliphatic heterocycles. The number of rotatable bonds is 0. The summed E-state index contributed by atoms with van der Waals surface area (Å²) in [5, 5.41) is 0. The summed E-state index contributed by atoms with van der Waals surface area (Å²) in [4.78, 5) is 4.74. The van der Waals surface area contributed by atoms with Crippen molar-refractivity contribution in [1.82, 2.24) is 0 Å². The third kappa shape index (κ3) is 0.977. The Morgan fingerprint density at radius 1 is 1.14 bits per heavy atom. The summed E-state index contributed by atoms with van der Waals surface area (Å²) in [5.74, 6) is 0. The topological polar surface area (TPSA) is 0 Å². The van der Waals surface area contributed by atoms with E-state index in [1.54, 1.807) is 0 Å². The van der Waals surface area contributed by atoms with Crippen LogP contribution in [0.2, 0.25) is 0 Å². The standard InChI is InChI=1S/C6H9As/c1-5-3-7-4-6(5)2/h3-4,7H,1-2H3. The first-order chi connectivity index (χ1) is 3.30. The van der Waals surface area contributed by atoms with E-state index in [1.807, 2.05) is 0 Å². The molecular formula is C6H9As. The summed E-state index contributed by atoms with van der Waals surface area (Å²) < 4.78 is 0. The van der Waals surface area contributed by atoms with E-state index in [0.717, 1.165) is 0 Å². The van der Waals surface area contributed by atoms with Crippen molar-refractivity contribution in [3.8, 4) is 0 Å². The minimum absolute atomic E-state index is 0.227. The van der Waals surface area contributed by atoms with Crippen LogP contribution in [0.4, 0.5) is 0 Å². The van der Waals surface area contributed by atoms with Crippen molar-refractivity contribution in [2.24, 2.45) is 0 Å². The Kier molecular flexibility index (Phi) is 1.39. The normalized spacial score (nSPS) is 19.1. The third-order valence-electron chi connectivity index (χ3n) is 1.22. The molecule has 7 heavy (non-hydrogen) atoms. The van der Waals surface area contributed by atoms with Crippen LogP contribution in [0.5, 0.6) is 0 Å². The van der Waals surface area contributed by atoms with Crippen LogP contribution < -0.4 is 0 Å². The summed E-state index contributed by atoms with van der Waals surface area (Å²) in [6.45, 7) is 4.37. The molecule has 0 amide bonds. The first-order valence-electron chi connectivity index (χ1n) is 2.40. The fraction of sp³-hybridized carbons (Fsp3) is 0.333. The molecule has 0 aromatic carbocycles. The van der Waals surface area contributed by atoms with Crippen molar-refractivity contribution < 1.29 is 0 Å². The zero-order valence-corrected chi connectivity index (χ0v) is 6.75. The first kappa shape index (κ1) is 5.18. The number of hydrogen-bond acceptors (Lipinski definition) is 0. The van der Waals surface area contributed by atoms with Gasteiger partial charge in [0.2, 0.25) is 0 Å². The molecule has 0 fully saturated rings. The van der Waals surface area contributed by atoms with Crippen LogP contribution in [0.25, 0.3) is 0 Å². The van der Waals surface area contributed by atoms with Crippen LogP contribution >= 0.6 is 0 Å². The van der Waals surface area contributed by atoms with E-state index in [0.29, 0.717) is 0 Å². The Hall–Kier alpha value is 0.0384. The van der Waals surface area contributed by atoms with Gasteiger partial charge in [-0.05, 0) is 0 Å². The van der Waals surface area contributed by atoms with Crippen molar-refractivity contribution in [3.05, 3.63) is 20.9 Å². The Balaban J connectivity index is 2.78. The fourth-order valence-electron chi connectivity index (χ4n) is 0.519. The van der Waals surface area contributed by atoms with Gasteiger partial charge in [0.05, 0.1) is 0 Å². The van der Waals surface area contributed by atoms with Crippen molar-refractivity contribution in [1.29, 1.82) is 0 Å². The molecule has 0 aromatic heterocycles. The number of allylic oxidation sites excluding steroid dienone is 2. The van der Waals surface area contributed by atoms with Crippen molar-refractivity contribution in [2.45, 2.75) is 13.8 Å². The molecule has 0 bridgehead atoms. The monoisotopic (exact) mass is 156 g/mol. The molecule has 0 saturated carbocycles. The number of hydrogen-bond donors (Lipinski definition) is 0. The first-order valence-corrected chi connectivity index (χ1v) is 4.83. The summed E-state index contributed by atoms with van der Waals surface area (Å²) in [7, 11) is 0. The Morgan fingerprint density at radius 3 is 1.71 bits per heavy atom. The van der Waals surface area contributed by atoms with Crippen molar-refractivity contribution >= 4 is 15.8 Å². The zero-order valence-electron chi connectivity index (χ0n) is 4.65. The Bertz CT molecular complexity index is 115. The third-order valence-corrected chi connectivity index (χ3v) is 3.74. The molecule has 0 radical (unpaired) electrons. The van der Waals surface area contributed by atoms with Gasteiger partial charge in [0.25, 0.3) is 0 Å². The van der Waals surface area contributed by atoms with Crippen LogP contribution in [0.3, 0.4) is 0 Å². The second kappa shape index (κ2) is 1.88.